The van der Waals surface area contributed by atoms with Crippen LogP contribution < -0.4 is 10.1 Å². The summed E-state index contributed by atoms with van der Waals surface area (Å²) in [6.45, 7) is 2.82. The van der Waals surface area contributed by atoms with Gasteiger partial charge in [0.25, 0.3) is 5.91 Å². The first-order chi connectivity index (χ1) is 15.9. The molecule has 0 saturated heterocycles. The van der Waals surface area contributed by atoms with Crippen LogP contribution in [0.4, 0.5) is 5.82 Å². The summed E-state index contributed by atoms with van der Waals surface area (Å²) in [6, 6.07) is 21.7. The van der Waals surface area contributed by atoms with E-state index in [0.717, 1.165) is 16.8 Å². The van der Waals surface area contributed by atoms with Crippen molar-refractivity contribution in [2.24, 2.45) is 0 Å². The molecule has 1 N–H and O–H groups in total. The average molecular weight is 501 g/mol. The highest BCUT2D eigenvalue weighted by molar-refractivity contribution is 6.35. The van der Waals surface area contributed by atoms with Crippen LogP contribution in [0.25, 0.3) is 0 Å². The topological polar surface area (TPSA) is 56.1 Å². The molecule has 1 aromatic heterocycles. The van der Waals surface area contributed by atoms with Gasteiger partial charge in [0.05, 0.1) is 11.6 Å². The number of anilines is 1. The molecule has 4 aromatic rings. The molecule has 0 unspecified atom stereocenters. The van der Waals surface area contributed by atoms with Crippen molar-refractivity contribution in [3.8, 4) is 5.75 Å². The van der Waals surface area contributed by atoms with Crippen LogP contribution in [-0.2, 0) is 13.2 Å². The van der Waals surface area contributed by atoms with Gasteiger partial charge in [0.2, 0.25) is 0 Å². The summed E-state index contributed by atoms with van der Waals surface area (Å²) in [4.78, 5) is 12.7. The second-order valence-electron chi connectivity index (χ2n) is 7.47. The fourth-order valence-electron chi connectivity index (χ4n) is 3.23. The van der Waals surface area contributed by atoms with E-state index in [2.05, 4.69) is 10.4 Å². The van der Waals surface area contributed by atoms with Crippen molar-refractivity contribution in [1.82, 2.24) is 9.78 Å². The number of benzene rings is 3. The molecule has 0 fully saturated rings. The Balaban J connectivity index is 1.36. The summed E-state index contributed by atoms with van der Waals surface area (Å²) in [5.41, 5.74) is 3.38. The van der Waals surface area contributed by atoms with Gasteiger partial charge in [-0.2, -0.15) is 5.10 Å². The average Bonchev–Trinajstić information content (AvgIpc) is 3.12. The van der Waals surface area contributed by atoms with Gasteiger partial charge < -0.3 is 10.1 Å². The number of aromatic nitrogens is 2. The normalized spacial score (nSPS) is 10.8. The van der Waals surface area contributed by atoms with Crippen molar-refractivity contribution in [3.05, 3.63) is 110 Å². The number of nitrogens with zero attached hydrogens (tertiary/aromatic N) is 2. The second kappa shape index (κ2) is 10.3. The molecular formula is C25H20Cl3N3O2. The van der Waals surface area contributed by atoms with E-state index < -0.39 is 0 Å². The van der Waals surface area contributed by atoms with Crippen LogP contribution in [-0.4, -0.2) is 15.7 Å². The van der Waals surface area contributed by atoms with E-state index in [1.807, 2.05) is 54.1 Å². The Morgan fingerprint density at radius 3 is 2.42 bits per heavy atom. The number of aryl methyl sites for hydroxylation is 1. The van der Waals surface area contributed by atoms with Gasteiger partial charge in [-0.05, 0) is 60.5 Å². The van der Waals surface area contributed by atoms with E-state index >= 15 is 0 Å². The summed E-state index contributed by atoms with van der Waals surface area (Å²) in [7, 11) is 0. The third-order valence-corrected chi connectivity index (χ3v) is 5.71. The minimum atomic E-state index is -0.240. The summed E-state index contributed by atoms with van der Waals surface area (Å²) < 4.78 is 7.56. The van der Waals surface area contributed by atoms with E-state index in [4.69, 9.17) is 39.5 Å². The van der Waals surface area contributed by atoms with E-state index in [-0.39, 0.29) is 5.91 Å². The van der Waals surface area contributed by atoms with E-state index in [9.17, 15) is 4.79 Å². The van der Waals surface area contributed by atoms with E-state index in [1.165, 1.54) is 0 Å². The molecule has 1 heterocycles. The van der Waals surface area contributed by atoms with Gasteiger partial charge in [-0.15, -0.1) is 0 Å². The summed E-state index contributed by atoms with van der Waals surface area (Å²) >= 11 is 18.1. The molecule has 0 aliphatic carbocycles. The molecule has 3 aromatic carbocycles. The first-order valence-electron chi connectivity index (χ1n) is 10.1. The number of ether oxygens (including phenoxy) is 1. The number of halogens is 3. The predicted octanol–water partition coefficient (Wildman–Crippen LogP) is 7.03. The van der Waals surface area contributed by atoms with Gasteiger partial charge in [-0.25, -0.2) is 0 Å². The minimum Gasteiger partial charge on any atom is -0.487 e. The number of nitrogens with one attached hydrogen (secondary N) is 1. The summed E-state index contributed by atoms with van der Waals surface area (Å²) in [6.07, 6.45) is 0. The lowest BCUT2D eigenvalue weighted by Gasteiger charge is -2.09. The molecule has 0 aliphatic rings. The third kappa shape index (κ3) is 6.08. The number of carbonyl (C=O) groups is 1. The first kappa shape index (κ1) is 23.2. The Hall–Kier alpha value is -2.99. The first-order valence-corrected chi connectivity index (χ1v) is 11.3. The maximum atomic E-state index is 12.7. The number of hydrogen-bond acceptors (Lipinski definition) is 3. The molecule has 0 bridgehead atoms. The standard InChI is InChI=1S/C25H20Cl3N3O2/c1-16-11-24(30-31(16)14-18-3-2-4-20(26)12-18)29-25(32)19-7-5-17(6-8-19)15-33-23-10-9-21(27)13-22(23)28/h2-13H,14-15H2,1H3,(H,29,30,32). The second-order valence-corrected chi connectivity index (χ2v) is 8.75. The van der Waals surface area contributed by atoms with Crippen LogP contribution in [0.2, 0.25) is 15.1 Å². The number of amides is 1. The van der Waals surface area contributed by atoms with E-state index in [0.29, 0.717) is 45.4 Å². The van der Waals surface area contributed by atoms with Crippen molar-refractivity contribution in [2.45, 2.75) is 20.1 Å². The highest BCUT2D eigenvalue weighted by Gasteiger charge is 2.11. The zero-order chi connectivity index (χ0) is 23.4. The molecule has 33 heavy (non-hydrogen) atoms. The van der Waals surface area contributed by atoms with Gasteiger partial charge in [-0.1, -0.05) is 59.1 Å². The van der Waals surface area contributed by atoms with Crippen LogP contribution >= 0.6 is 34.8 Å². The van der Waals surface area contributed by atoms with Crippen LogP contribution in [0, 0.1) is 6.92 Å². The molecule has 0 radical (unpaired) electrons. The molecule has 0 spiro atoms. The maximum absolute atomic E-state index is 12.7. The fraction of sp³-hybridized carbons (Fsp3) is 0.120. The van der Waals surface area contributed by atoms with Crippen molar-refractivity contribution >= 4 is 46.5 Å². The van der Waals surface area contributed by atoms with Gasteiger partial charge in [0.1, 0.15) is 12.4 Å². The van der Waals surface area contributed by atoms with Crippen molar-refractivity contribution < 1.29 is 9.53 Å². The Morgan fingerprint density at radius 2 is 1.70 bits per heavy atom. The van der Waals surface area contributed by atoms with Crippen molar-refractivity contribution in [3.63, 3.8) is 0 Å². The highest BCUT2D eigenvalue weighted by Crippen LogP contribution is 2.28. The lowest BCUT2D eigenvalue weighted by Crippen LogP contribution is -2.13. The van der Waals surface area contributed by atoms with Gasteiger partial charge in [0, 0.05) is 27.4 Å². The van der Waals surface area contributed by atoms with Crippen LogP contribution in [0.1, 0.15) is 27.2 Å². The maximum Gasteiger partial charge on any atom is 0.256 e. The quantitative estimate of drug-likeness (QED) is 0.296. The third-order valence-electron chi connectivity index (χ3n) is 4.95. The molecular weight excluding hydrogens is 481 g/mol. The largest absolute Gasteiger partial charge is 0.487 e. The predicted molar refractivity (Wildman–Crippen MR) is 133 cm³/mol. The minimum absolute atomic E-state index is 0.240. The zero-order valence-electron chi connectivity index (χ0n) is 17.7. The molecule has 0 aliphatic heterocycles. The van der Waals surface area contributed by atoms with Crippen LogP contribution in [0.5, 0.6) is 5.75 Å². The molecule has 0 saturated carbocycles. The number of rotatable bonds is 7. The molecule has 4 rings (SSSR count). The van der Waals surface area contributed by atoms with Gasteiger partial charge in [0.15, 0.2) is 5.82 Å². The van der Waals surface area contributed by atoms with Crippen molar-refractivity contribution in [1.29, 1.82) is 0 Å². The lowest BCUT2D eigenvalue weighted by atomic mass is 10.1. The number of hydrogen-bond donors (Lipinski definition) is 1. The van der Waals surface area contributed by atoms with Crippen LogP contribution in [0.3, 0.4) is 0 Å². The van der Waals surface area contributed by atoms with Crippen molar-refractivity contribution in [2.75, 3.05) is 5.32 Å². The fourth-order valence-corrected chi connectivity index (χ4v) is 3.91. The number of carbonyl (C=O) groups excluding carboxylic acids is 1. The van der Waals surface area contributed by atoms with Gasteiger partial charge >= 0.3 is 0 Å². The molecule has 1 amide bonds. The van der Waals surface area contributed by atoms with E-state index in [1.54, 1.807) is 30.3 Å². The Kier molecular flexibility index (Phi) is 7.23. The smallest absolute Gasteiger partial charge is 0.256 e. The summed E-state index contributed by atoms with van der Waals surface area (Å²) in [5, 5.41) is 9.02. The Bertz CT molecular complexity index is 1290. The summed E-state index contributed by atoms with van der Waals surface area (Å²) in [5.74, 6) is 0.798. The SMILES string of the molecule is Cc1cc(NC(=O)c2ccc(COc3ccc(Cl)cc3Cl)cc2)nn1Cc1cccc(Cl)c1. The highest BCUT2D eigenvalue weighted by atomic mass is 35.5. The molecule has 168 valence electrons. The zero-order valence-corrected chi connectivity index (χ0v) is 20.0. The lowest BCUT2D eigenvalue weighted by molar-refractivity contribution is 0.102. The van der Waals surface area contributed by atoms with Gasteiger partial charge in [-0.3, -0.25) is 9.48 Å². The molecule has 8 heteroatoms. The monoisotopic (exact) mass is 499 g/mol. The molecule has 5 nitrogen and oxygen atoms in total. The Morgan fingerprint density at radius 1 is 0.939 bits per heavy atom. The molecule has 0 atom stereocenters. The van der Waals surface area contributed by atoms with Crippen LogP contribution in [0.15, 0.2) is 72.8 Å². The Labute approximate surface area is 206 Å².